The highest BCUT2D eigenvalue weighted by molar-refractivity contribution is 5.76. The molecule has 0 amide bonds. The minimum Gasteiger partial charge on any atom is -0.466 e. The van der Waals surface area contributed by atoms with E-state index in [4.69, 9.17) is 10.5 Å². The quantitative estimate of drug-likeness (QED) is 0.663. The van der Waals surface area contributed by atoms with Crippen LogP contribution in [0.5, 0.6) is 0 Å². The van der Waals surface area contributed by atoms with Crippen LogP contribution in [0.1, 0.15) is 47.0 Å². The van der Waals surface area contributed by atoms with Crippen LogP contribution in [0.25, 0.3) is 0 Å². The van der Waals surface area contributed by atoms with E-state index in [1.54, 1.807) is 0 Å². The van der Waals surface area contributed by atoms with E-state index < -0.39 is 5.41 Å². The summed E-state index contributed by atoms with van der Waals surface area (Å²) in [5.41, 5.74) is 5.16. The molecule has 3 heteroatoms. The molecule has 3 nitrogen and oxygen atoms in total. The number of hydrogen-bond acceptors (Lipinski definition) is 3. The lowest BCUT2D eigenvalue weighted by molar-refractivity contribution is -0.154. The topological polar surface area (TPSA) is 52.3 Å². The van der Waals surface area contributed by atoms with E-state index in [1.807, 2.05) is 13.8 Å². The molecule has 0 saturated heterocycles. The Morgan fingerprint density at radius 3 is 2.47 bits per heavy atom. The molecule has 0 aliphatic carbocycles. The summed E-state index contributed by atoms with van der Waals surface area (Å²) in [6, 6.07) is 0. The zero-order chi connectivity index (χ0) is 11.9. The number of rotatable bonds is 7. The van der Waals surface area contributed by atoms with Crippen LogP contribution in [0.3, 0.4) is 0 Å². The van der Waals surface area contributed by atoms with Crippen LogP contribution in [-0.2, 0) is 9.53 Å². The molecule has 0 aliphatic rings. The third kappa shape index (κ3) is 5.17. The molecule has 0 heterocycles. The Labute approximate surface area is 93.4 Å². The maximum Gasteiger partial charge on any atom is 0.313 e. The minimum atomic E-state index is -0.495. The summed E-state index contributed by atoms with van der Waals surface area (Å²) in [7, 11) is 0. The zero-order valence-electron chi connectivity index (χ0n) is 10.5. The fourth-order valence-corrected chi connectivity index (χ4v) is 1.49. The van der Waals surface area contributed by atoms with Crippen molar-refractivity contribution in [1.29, 1.82) is 0 Å². The molecule has 0 aromatic carbocycles. The van der Waals surface area contributed by atoms with Gasteiger partial charge >= 0.3 is 5.97 Å². The van der Waals surface area contributed by atoms with Gasteiger partial charge in [0.1, 0.15) is 0 Å². The van der Waals surface area contributed by atoms with Gasteiger partial charge in [0.15, 0.2) is 0 Å². The second kappa shape index (κ2) is 6.83. The van der Waals surface area contributed by atoms with E-state index in [0.29, 0.717) is 19.1 Å². The van der Waals surface area contributed by atoms with Gasteiger partial charge in [-0.3, -0.25) is 4.79 Å². The van der Waals surface area contributed by atoms with E-state index in [9.17, 15) is 4.79 Å². The minimum absolute atomic E-state index is 0.156. The monoisotopic (exact) mass is 215 g/mol. The second-order valence-electron chi connectivity index (χ2n) is 4.77. The lowest BCUT2D eigenvalue weighted by atomic mass is 9.84. The molecule has 0 spiro atoms. The zero-order valence-corrected chi connectivity index (χ0v) is 10.5. The predicted molar refractivity (Wildman–Crippen MR) is 62.5 cm³/mol. The van der Waals surface area contributed by atoms with Crippen LogP contribution >= 0.6 is 0 Å². The third-order valence-corrected chi connectivity index (χ3v) is 2.73. The van der Waals surface area contributed by atoms with Crippen molar-refractivity contribution in [1.82, 2.24) is 0 Å². The number of carbonyl (C=O) groups excluding carboxylic acids is 1. The van der Waals surface area contributed by atoms with Gasteiger partial charge in [-0.1, -0.05) is 26.7 Å². The smallest absolute Gasteiger partial charge is 0.313 e. The first-order valence-corrected chi connectivity index (χ1v) is 5.83. The molecular formula is C12H25NO2. The largest absolute Gasteiger partial charge is 0.466 e. The summed E-state index contributed by atoms with van der Waals surface area (Å²) in [4.78, 5) is 11.7. The maximum atomic E-state index is 11.7. The van der Waals surface area contributed by atoms with E-state index in [0.717, 1.165) is 19.3 Å². The van der Waals surface area contributed by atoms with E-state index >= 15 is 0 Å². The SMILES string of the molecule is CCOC(=O)C(C)(CN)CCCC(C)C. The summed E-state index contributed by atoms with van der Waals surface area (Å²) in [5, 5.41) is 0. The van der Waals surface area contributed by atoms with Gasteiger partial charge < -0.3 is 10.5 Å². The van der Waals surface area contributed by atoms with Crippen molar-refractivity contribution in [2.75, 3.05) is 13.2 Å². The highest BCUT2D eigenvalue weighted by Crippen LogP contribution is 2.25. The van der Waals surface area contributed by atoms with Gasteiger partial charge in [-0.05, 0) is 26.2 Å². The number of nitrogens with two attached hydrogens (primary N) is 1. The van der Waals surface area contributed by atoms with Gasteiger partial charge in [-0.15, -0.1) is 0 Å². The molecular weight excluding hydrogens is 190 g/mol. The molecule has 1 unspecified atom stereocenters. The molecule has 0 fully saturated rings. The molecule has 0 radical (unpaired) electrons. The Bertz CT molecular complexity index is 192. The molecule has 0 bridgehead atoms. The first-order chi connectivity index (χ1) is 6.96. The predicted octanol–water partition coefficient (Wildman–Crippen LogP) is 2.34. The molecule has 90 valence electrons. The van der Waals surface area contributed by atoms with Crippen LogP contribution in [0.2, 0.25) is 0 Å². The van der Waals surface area contributed by atoms with Crippen LogP contribution < -0.4 is 5.73 Å². The van der Waals surface area contributed by atoms with Crippen LogP contribution in [-0.4, -0.2) is 19.1 Å². The van der Waals surface area contributed by atoms with Crippen molar-refractivity contribution in [3.63, 3.8) is 0 Å². The molecule has 0 aromatic heterocycles. The highest BCUT2D eigenvalue weighted by atomic mass is 16.5. The van der Waals surface area contributed by atoms with Crippen molar-refractivity contribution < 1.29 is 9.53 Å². The van der Waals surface area contributed by atoms with Crippen LogP contribution in [0, 0.1) is 11.3 Å². The van der Waals surface area contributed by atoms with Crippen LogP contribution in [0.4, 0.5) is 0 Å². The number of carbonyl (C=O) groups is 1. The van der Waals surface area contributed by atoms with Crippen LogP contribution in [0.15, 0.2) is 0 Å². The summed E-state index contributed by atoms with van der Waals surface area (Å²) in [6.07, 6.45) is 2.99. The third-order valence-electron chi connectivity index (χ3n) is 2.73. The standard InChI is InChI=1S/C12H25NO2/c1-5-15-11(14)12(4,9-13)8-6-7-10(2)3/h10H,5-9,13H2,1-4H3. The van der Waals surface area contributed by atoms with Crippen molar-refractivity contribution in [2.24, 2.45) is 17.1 Å². The average molecular weight is 215 g/mol. The fraction of sp³-hybridized carbons (Fsp3) is 0.917. The molecule has 0 aromatic rings. The lowest BCUT2D eigenvalue weighted by Crippen LogP contribution is -2.37. The van der Waals surface area contributed by atoms with Gasteiger partial charge in [0.05, 0.1) is 12.0 Å². The maximum absolute atomic E-state index is 11.7. The van der Waals surface area contributed by atoms with Gasteiger partial charge in [0, 0.05) is 6.54 Å². The van der Waals surface area contributed by atoms with E-state index in [1.165, 1.54) is 0 Å². The number of ether oxygens (including phenoxy) is 1. The fourth-order valence-electron chi connectivity index (χ4n) is 1.49. The Morgan fingerprint density at radius 2 is 2.07 bits per heavy atom. The molecule has 15 heavy (non-hydrogen) atoms. The molecule has 0 saturated carbocycles. The van der Waals surface area contributed by atoms with Gasteiger partial charge in [-0.2, -0.15) is 0 Å². The summed E-state index contributed by atoms with van der Waals surface area (Å²) in [6.45, 7) is 8.88. The van der Waals surface area contributed by atoms with E-state index in [-0.39, 0.29) is 5.97 Å². The molecule has 0 rings (SSSR count). The Hall–Kier alpha value is -0.570. The lowest BCUT2D eigenvalue weighted by Gasteiger charge is -2.25. The summed E-state index contributed by atoms with van der Waals surface area (Å²) < 4.78 is 5.04. The Balaban J connectivity index is 4.12. The molecule has 1 atom stereocenters. The van der Waals surface area contributed by atoms with Crippen molar-refractivity contribution in [3.8, 4) is 0 Å². The number of hydrogen-bond donors (Lipinski definition) is 1. The normalized spacial score (nSPS) is 15.1. The summed E-state index contributed by atoms with van der Waals surface area (Å²) >= 11 is 0. The highest BCUT2D eigenvalue weighted by Gasteiger charge is 2.32. The second-order valence-corrected chi connectivity index (χ2v) is 4.77. The molecule has 0 aliphatic heterocycles. The first kappa shape index (κ1) is 14.4. The average Bonchev–Trinajstić information content (AvgIpc) is 2.17. The number of esters is 1. The van der Waals surface area contributed by atoms with Crippen molar-refractivity contribution in [2.45, 2.75) is 47.0 Å². The van der Waals surface area contributed by atoms with Crippen molar-refractivity contribution in [3.05, 3.63) is 0 Å². The summed E-state index contributed by atoms with van der Waals surface area (Å²) in [5.74, 6) is 0.519. The van der Waals surface area contributed by atoms with Gasteiger partial charge in [-0.25, -0.2) is 0 Å². The van der Waals surface area contributed by atoms with Crippen molar-refractivity contribution >= 4 is 5.97 Å². The first-order valence-electron chi connectivity index (χ1n) is 5.83. The molecule has 2 N–H and O–H groups in total. The Kier molecular flexibility index (Phi) is 6.57. The van der Waals surface area contributed by atoms with Gasteiger partial charge in [0.25, 0.3) is 0 Å². The van der Waals surface area contributed by atoms with E-state index in [2.05, 4.69) is 13.8 Å². The van der Waals surface area contributed by atoms with Gasteiger partial charge in [0.2, 0.25) is 0 Å². The Morgan fingerprint density at radius 1 is 1.47 bits per heavy atom.